The van der Waals surface area contributed by atoms with E-state index in [1.54, 1.807) is 6.07 Å². The highest BCUT2D eigenvalue weighted by Gasteiger charge is 2.33. The number of hydrogen-bond donors (Lipinski definition) is 1. The number of nitrogens with one attached hydrogen (secondary N) is 1. The molecule has 0 spiro atoms. The number of halogens is 1. The fourth-order valence-corrected chi connectivity index (χ4v) is 5.15. The Hall–Kier alpha value is -1.96. The van der Waals surface area contributed by atoms with Crippen LogP contribution < -0.4 is 5.32 Å². The lowest BCUT2D eigenvalue weighted by molar-refractivity contribution is -0.120. The molecule has 0 saturated carbocycles. The van der Waals surface area contributed by atoms with Crippen LogP contribution in [-0.2, 0) is 14.8 Å². The van der Waals surface area contributed by atoms with E-state index in [2.05, 4.69) is 10.3 Å². The van der Waals surface area contributed by atoms with Crippen LogP contribution in [0.1, 0.15) is 24.0 Å². The summed E-state index contributed by atoms with van der Waals surface area (Å²) in [7, 11) is -3.71. The maximum Gasteiger partial charge on any atom is 0.246 e. The van der Waals surface area contributed by atoms with Crippen molar-refractivity contribution in [1.29, 1.82) is 0 Å². The van der Waals surface area contributed by atoms with Gasteiger partial charge in [-0.3, -0.25) is 4.79 Å². The van der Waals surface area contributed by atoms with Crippen LogP contribution in [0.2, 0.25) is 5.15 Å². The fourth-order valence-electron chi connectivity index (χ4n) is 3.25. The summed E-state index contributed by atoms with van der Waals surface area (Å²) in [6.45, 7) is 4.51. The van der Waals surface area contributed by atoms with Gasteiger partial charge in [0.05, 0.1) is 0 Å². The van der Waals surface area contributed by atoms with Crippen LogP contribution in [0, 0.1) is 19.8 Å². The SMILES string of the molecule is Cc1ccc(NC(=O)C2CCN(S(=O)(=O)c3cccnc3Cl)CC2)c(C)c1. The molecule has 1 aromatic carbocycles. The molecule has 0 atom stereocenters. The van der Waals surface area contributed by atoms with E-state index in [4.69, 9.17) is 11.6 Å². The number of carbonyl (C=O) groups is 1. The van der Waals surface area contributed by atoms with Crippen LogP contribution in [0.15, 0.2) is 41.4 Å². The van der Waals surface area contributed by atoms with Crippen LogP contribution >= 0.6 is 11.6 Å². The molecule has 3 rings (SSSR count). The molecule has 8 heteroatoms. The second-order valence-electron chi connectivity index (χ2n) is 6.78. The standard InChI is InChI=1S/C19H22ClN3O3S/c1-13-5-6-16(14(2)12-13)22-19(24)15-7-10-23(11-8-15)27(25,26)17-4-3-9-21-18(17)20/h3-6,9,12,15H,7-8,10-11H2,1-2H3,(H,22,24). The highest BCUT2D eigenvalue weighted by molar-refractivity contribution is 7.89. The van der Waals surface area contributed by atoms with Gasteiger partial charge in [-0.15, -0.1) is 0 Å². The molecule has 1 N–H and O–H groups in total. The predicted molar refractivity (Wildman–Crippen MR) is 105 cm³/mol. The van der Waals surface area contributed by atoms with Gasteiger partial charge in [-0.2, -0.15) is 4.31 Å². The first-order chi connectivity index (χ1) is 12.8. The first-order valence-electron chi connectivity index (χ1n) is 8.78. The van der Waals surface area contributed by atoms with Crippen molar-refractivity contribution in [1.82, 2.24) is 9.29 Å². The molecule has 0 radical (unpaired) electrons. The summed E-state index contributed by atoms with van der Waals surface area (Å²) in [4.78, 5) is 16.4. The summed E-state index contributed by atoms with van der Waals surface area (Å²) in [5.41, 5.74) is 2.94. The Morgan fingerprint density at radius 2 is 1.93 bits per heavy atom. The van der Waals surface area contributed by atoms with E-state index in [9.17, 15) is 13.2 Å². The van der Waals surface area contributed by atoms with Gasteiger partial charge < -0.3 is 5.32 Å². The molecule has 0 bridgehead atoms. The number of amides is 1. The Labute approximate surface area is 164 Å². The summed E-state index contributed by atoms with van der Waals surface area (Å²) in [5, 5.41) is 2.93. The first kappa shape index (κ1) is 19.8. The van der Waals surface area contributed by atoms with Crippen molar-refractivity contribution >= 4 is 33.2 Å². The van der Waals surface area contributed by atoms with Gasteiger partial charge in [-0.05, 0) is 50.5 Å². The van der Waals surface area contributed by atoms with Crippen LogP contribution in [-0.4, -0.2) is 36.7 Å². The molecule has 1 aliphatic rings. The number of hydrogen-bond acceptors (Lipinski definition) is 4. The maximum absolute atomic E-state index is 12.8. The molecule has 6 nitrogen and oxygen atoms in total. The van der Waals surface area contributed by atoms with Crippen molar-refractivity contribution in [2.24, 2.45) is 5.92 Å². The number of benzene rings is 1. The number of carbonyl (C=O) groups excluding carboxylic acids is 1. The maximum atomic E-state index is 12.8. The van der Waals surface area contributed by atoms with Crippen LogP contribution in [0.4, 0.5) is 5.69 Å². The third-order valence-electron chi connectivity index (χ3n) is 4.81. The minimum absolute atomic E-state index is 0.00449. The number of nitrogens with zero attached hydrogens (tertiary/aromatic N) is 2. The largest absolute Gasteiger partial charge is 0.326 e. The quantitative estimate of drug-likeness (QED) is 0.788. The lowest BCUT2D eigenvalue weighted by Gasteiger charge is -2.30. The van der Waals surface area contributed by atoms with Crippen molar-refractivity contribution in [3.63, 3.8) is 0 Å². The van der Waals surface area contributed by atoms with Crippen molar-refractivity contribution in [2.45, 2.75) is 31.6 Å². The van der Waals surface area contributed by atoms with E-state index in [1.165, 1.54) is 16.6 Å². The monoisotopic (exact) mass is 407 g/mol. The molecule has 27 heavy (non-hydrogen) atoms. The van der Waals surface area contributed by atoms with Gasteiger partial charge in [0.25, 0.3) is 0 Å². The Kier molecular flexibility index (Phi) is 5.83. The molecule has 1 saturated heterocycles. The number of anilines is 1. The van der Waals surface area contributed by atoms with Gasteiger partial charge in [0.1, 0.15) is 10.0 Å². The molecule has 144 valence electrons. The van der Waals surface area contributed by atoms with Crippen LogP contribution in [0.5, 0.6) is 0 Å². The summed E-state index contributed by atoms with van der Waals surface area (Å²) in [6, 6.07) is 8.86. The Bertz CT molecular complexity index is 954. The van der Waals surface area contributed by atoms with Crippen molar-refractivity contribution in [3.05, 3.63) is 52.8 Å². The highest BCUT2D eigenvalue weighted by Crippen LogP contribution is 2.28. The third-order valence-corrected chi connectivity index (χ3v) is 7.15. The van der Waals surface area contributed by atoms with E-state index < -0.39 is 10.0 Å². The molecular formula is C19H22ClN3O3S. The van der Waals surface area contributed by atoms with Crippen molar-refractivity contribution < 1.29 is 13.2 Å². The smallest absolute Gasteiger partial charge is 0.246 e. The lowest BCUT2D eigenvalue weighted by atomic mass is 9.97. The van der Waals surface area contributed by atoms with Crippen LogP contribution in [0.3, 0.4) is 0 Å². The highest BCUT2D eigenvalue weighted by atomic mass is 35.5. The summed E-state index contributed by atoms with van der Waals surface area (Å²) in [6.07, 6.45) is 2.38. The molecular weight excluding hydrogens is 386 g/mol. The van der Waals surface area contributed by atoms with Crippen LogP contribution in [0.25, 0.3) is 0 Å². The minimum Gasteiger partial charge on any atom is -0.326 e. The second kappa shape index (κ2) is 7.96. The van der Waals surface area contributed by atoms with Crippen molar-refractivity contribution in [3.8, 4) is 0 Å². The number of sulfonamides is 1. The van der Waals surface area contributed by atoms with Crippen molar-refractivity contribution in [2.75, 3.05) is 18.4 Å². The summed E-state index contributed by atoms with van der Waals surface area (Å²) >= 11 is 5.94. The Balaban J connectivity index is 1.65. The average molecular weight is 408 g/mol. The normalized spacial score (nSPS) is 16.3. The number of aryl methyl sites for hydroxylation is 2. The molecule has 1 aliphatic heterocycles. The minimum atomic E-state index is -3.71. The zero-order chi connectivity index (χ0) is 19.6. The molecule has 1 amide bonds. The van der Waals surface area contributed by atoms with Gasteiger partial charge in [0.2, 0.25) is 15.9 Å². The van der Waals surface area contributed by atoms with E-state index in [1.807, 2.05) is 32.0 Å². The Morgan fingerprint density at radius 3 is 2.56 bits per heavy atom. The molecule has 2 aromatic rings. The van der Waals surface area contributed by atoms with Gasteiger partial charge in [-0.25, -0.2) is 13.4 Å². The first-order valence-corrected chi connectivity index (χ1v) is 10.6. The number of piperidine rings is 1. The zero-order valence-corrected chi connectivity index (χ0v) is 16.8. The summed E-state index contributed by atoms with van der Waals surface area (Å²) in [5.74, 6) is -0.292. The fraction of sp³-hybridized carbons (Fsp3) is 0.368. The number of pyridine rings is 1. The molecule has 1 aromatic heterocycles. The second-order valence-corrected chi connectivity index (χ2v) is 9.04. The lowest BCUT2D eigenvalue weighted by Crippen LogP contribution is -2.41. The predicted octanol–water partition coefficient (Wildman–Crippen LogP) is 3.39. The molecule has 1 fully saturated rings. The topological polar surface area (TPSA) is 79.4 Å². The summed E-state index contributed by atoms with van der Waals surface area (Å²) < 4.78 is 26.9. The molecule has 2 heterocycles. The molecule has 0 aliphatic carbocycles. The van der Waals surface area contributed by atoms with E-state index in [-0.39, 0.29) is 35.0 Å². The Morgan fingerprint density at radius 1 is 1.22 bits per heavy atom. The molecule has 0 unspecified atom stereocenters. The zero-order valence-electron chi connectivity index (χ0n) is 15.3. The van der Waals surface area contributed by atoms with E-state index in [0.29, 0.717) is 12.8 Å². The van der Waals surface area contributed by atoms with Gasteiger partial charge in [0.15, 0.2) is 0 Å². The third kappa shape index (κ3) is 4.31. The number of aromatic nitrogens is 1. The number of rotatable bonds is 4. The van der Waals surface area contributed by atoms with E-state index in [0.717, 1.165) is 16.8 Å². The average Bonchev–Trinajstić information content (AvgIpc) is 2.64. The van der Waals surface area contributed by atoms with E-state index >= 15 is 0 Å². The van der Waals surface area contributed by atoms with Gasteiger partial charge in [-0.1, -0.05) is 29.3 Å². The van der Waals surface area contributed by atoms with Gasteiger partial charge >= 0.3 is 0 Å². The van der Waals surface area contributed by atoms with Gasteiger partial charge in [0, 0.05) is 30.9 Å².